The molecule has 120 valence electrons. The molecule has 1 rings (SSSR count). The van der Waals surface area contributed by atoms with E-state index in [1.807, 2.05) is 6.92 Å². The molecule has 0 spiro atoms. The third kappa shape index (κ3) is 7.31. The first-order valence-corrected chi connectivity index (χ1v) is 10.0. The summed E-state index contributed by atoms with van der Waals surface area (Å²) in [6.45, 7) is 7.68. The van der Waals surface area contributed by atoms with E-state index in [1.54, 1.807) is 0 Å². The van der Waals surface area contributed by atoms with Crippen molar-refractivity contribution in [3.05, 3.63) is 0 Å². The summed E-state index contributed by atoms with van der Waals surface area (Å²) in [7, 11) is -3.50. The fraction of sp³-hybridized carbons (Fsp3) is 1.00. The third-order valence-electron chi connectivity index (χ3n) is 4.36. The van der Waals surface area contributed by atoms with Crippen molar-refractivity contribution < 1.29 is 12.9 Å². The highest BCUT2D eigenvalue weighted by atomic mass is 32.9. The number of rotatable bonds is 8. The minimum Gasteiger partial charge on any atom is -0.312 e. The zero-order valence-electron chi connectivity index (χ0n) is 12.8. The number of hydrogen-bond donors (Lipinski definition) is 2. The standard InChI is InChI=1S/C14H29NO3S2/c1-4-13(14-7-5-6-11(2)8-14)9-15-12(3)10-18-20(16,17)19/h11-15H,4-10H2,1-3H3,(H,16,17,19)/t11?,12?,13-,14?/m1/s1. The van der Waals surface area contributed by atoms with Crippen molar-refractivity contribution in [3.63, 3.8) is 0 Å². The Morgan fingerprint density at radius 1 is 1.50 bits per heavy atom. The number of hydrogen-bond acceptors (Lipinski definition) is 4. The lowest BCUT2D eigenvalue weighted by molar-refractivity contribution is 0.185. The average Bonchev–Trinajstić information content (AvgIpc) is 2.36. The lowest BCUT2D eigenvalue weighted by Crippen LogP contribution is -2.37. The summed E-state index contributed by atoms with van der Waals surface area (Å²) in [4.78, 5) is 0. The summed E-state index contributed by atoms with van der Waals surface area (Å²) in [6.07, 6.45) is 6.57. The Bertz CT molecular complexity index is 373. The lowest BCUT2D eigenvalue weighted by Gasteiger charge is -2.33. The monoisotopic (exact) mass is 323 g/mol. The molecule has 0 saturated heterocycles. The van der Waals surface area contributed by atoms with Crippen molar-refractivity contribution in [2.24, 2.45) is 17.8 Å². The first-order valence-electron chi connectivity index (χ1n) is 7.67. The van der Waals surface area contributed by atoms with E-state index in [1.165, 1.54) is 32.1 Å². The van der Waals surface area contributed by atoms with Gasteiger partial charge in [-0.25, -0.2) is 0 Å². The van der Waals surface area contributed by atoms with Crippen LogP contribution in [0.2, 0.25) is 0 Å². The highest BCUT2D eigenvalue weighted by molar-refractivity contribution is 8.27. The second kappa shape index (κ2) is 8.63. The average molecular weight is 324 g/mol. The molecule has 1 aliphatic carbocycles. The van der Waals surface area contributed by atoms with E-state index >= 15 is 0 Å². The first-order chi connectivity index (χ1) is 9.31. The van der Waals surface area contributed by atoms with Crippen molar-refractivity contribution in [2.75, 3.05) is 13.2 Å². The van der Waals surface area contributed by atoms with E-state index in [0.717, 1.165) is 18.4 Å². The van der Waals surface area contributed by atoms with Gasteiger partial charge < -0.3 is 5.32 Å². The highest BCUT2D eigenvalue weighted by Crippen LogP contribution is 2.34. The first kappa shape index (κ1) is 18.3. The molecule has 0 bridgehead atoms. The van der Waals surface area contributed by atoms with E-state index in [-0.39, 0.29) is 12.6 Å². The molecule has 0 aromatic carbocycles. The highest BCUT2D eigenvalue weighted by Gasteiger charge is 2.25. The van der Waals surface area contributed by atoms with Gasteiger partial charge in [0.1, 0.15) is 0 Å². The van der Waals surface area contributed by atoms with Gasteiger partial charge in [0.25, 0.3) is 9.05 Å². The van der Waals surface area contributed by atoms with Gasteiger partial charge >= 0.3 is 0 Å². The fourth-order valence-electron chi connectivity index (χ4n) is 3.15. The Morgan fingerprint density at radius 2 is 2.20 bits per heavy atom. The SMILES string of the molecule is CC[C@H](CNC(C)COS(=O)(O)=S)C1CCCC(C)C1. The van der Waals surface area contributed by atoms with Crippen molar-refractivity contribution >= 4 is 20.2 Å². The molecule has 1 saturated carbocycles. The molecule has 1 fully saturated rings. The van der Waals surface area contributed by atoms with Crippen molar-refractivity contribution in [2.45, 2.75) is 58.9 Å². The second-order valence-electron chi connectivity index (χ2n) is 6.22. The molecule has 4 nitrogen and oxygen atoms in total. The van der Waals surface area contributed by atoms with Crippen LogP contribution in [-0.2, 0) is 24.4 Å². The molecule has 0 radical (unpaired) electrons. The zero-order chi connectivity index (χ0) is 15.2. The molecule has 5 atom stereocenters. The zero-order valence-corrected chi connectivity index (χ0v) is 14.5. The van der Waals surface area contributed by atoms with Crippen LogP contribution in [0.5, 0.6) is 0 Å². The Kier molecular flexibility index (Phi) is 7.90. The normalized spacial score (nSPS) is 29.6. The molecule has 0 aromatic heterocycles. The van der Waals surface area contributed by atoms with Gasteiger partial charge in [-0.15, -0.1) is 0 Å². The number of nitrogens with one attached hydrogen (secondary N) is 1. The summed E-state index contributed by atoms with van der Waals surface area (Å²) in [6, 6.07) is 0.0426. The maximum Gasteiger partial charge on any atom is 0.266 e. The van der Waals surface area contributed by atoms with Crippen molar-refractivity contribution in [1.29, 1.82) is 0 Å². The molecular weight excluding hydrogens is 294 g/mol. The van der Waals surface area contributed by atoms with Crippen molar-refractivity contribution in [3.8, 4) is 0 Å². The van der Waals surface area contributed by atoms with Crippen LogP contribution in [0.4, 0.5) is 0 Å². The van der Waals surface area contributed by atoms with Gasteiger partial charge in [-0.2, -0.15) is 4.21 Å². The summed E-state index contributed by atoms with van der Waals surface area (Å²) in [5.74, 6) is 2.34. The van der Waals surface area contributed by atoms with Crippen LogP contribution in [0.15, 0.2) is 0 Å². The van der Waals surface area contributed by atoms with Gasteiger partial charge in [-0.3, -0.25) is 8.74 Å². The van der Waals surface area contributed by atoms with E-state index in [2.05, 4.69) is 30.4 Å². The third-order valence-corrected chi connectivity index (χ3v) is 5.09. The lowest BCUT2D eigenvalue weighted by atomic mass is 9.75. The minimum atomic E-state index is -3.50. The predicted molar refractivity (Wildman–Crippen MR) is 86.5 cm³/mol. The molecule has 1 aliphatic rings. The predicted octanol–water partition coefficient (Wildman–Crippen LogP) is 2.97. The van der Waals surface area contributed by atoms with Gasteiger partial charge in [0, 0.05) is 17.2 Å². The van der Waals surface area contributed by atoms with Gasteiger partial charge in [-0.1, -0.05) is 39.5 Å². The van der Waals surface area contributed by atoms with Crippen LogP contribution in [0.1, 0.15) is 52.9 Å². The van der Waals surface area contributed by atoms with E-state index in [4.69, 9.17) is 8.74 Å². The Balaban J connectivity index is 2.33. The summed E-state index contributed by atoms with van der Waals surface area (Å²) in [5.41, 5.74) is 0. The summed E-state index contributed by atoms with van der Waals surface area (Å²) < 4.78 is 24.6. The van der Waals surface area contributed by atoms with E-state index < -0.39 is 9.05 Å². The quantitative estimate of drug-likeness (QED) is 0.719. The van der Waals surface area contributed by atoms with Gasteiger partial charge in [0.15, 0.2) is 0 Å². The van der Waals surface area contributed by atoms with Crippen LogP contribution in [0.3, 0.4) is 0 Å². The Morgan fingerprint density at radius 3 is 2.75 bits per heavy atom. The van der Waals surface area contributed by atoms with Gasteiger partial charge in [0.05, 0.1) is 6.61 Å². The van der Waals surface area contributed by atoms with Crippen LogP contribution >= 0.6 is 0 Å². The summed E-state index contributed by atoms with van der Waals surface area (Å²) in [5, 5.41) is 3.41. The molecule has 0 aliphatic heterocycles. The second-order valence-corrected chi connectivity index (χ2v) is 8.58. The van der Waals surface area contributed by atoms with Crippen LogP contribution < -0.4 is 5.32 Å². The van der Waals surface area contributed by atoms with Crippen molar-refractivity contribution in [1.82, 2.24) is 5.32 Å². The molecule has 4 unspecified atom stereocenters. The van der Waals surface area contributed by atoms with E-state index in [0.29, 0.717) is 5.92 Å². The van der Waals surface area contributed by atoms with Crippen LogP contribution in [0.25, 0.3) is 0 Å². The maximum absolute atomic E-state index is 10.9. The fourth-order valence-corrected chi connectivity index (χ4v) is 3.70. The molecular formula is C14H29NO3S2. The smallest absolute Gasteiger partial charge is 0.266 e. The molecule has 0 aromatic rings. The molecule has 2 N–H and O–H groups in total. The Hall–Kier alpha value is 0.250. The largest absolute Gasteiger partial charge is 0.312 e. The molecule has 6 heteroatoms. The van der Waals surface area contributed by atoms with E-state index in [9.17, 15) is 4.21 Å². The molecule has 20 heavy (non-hydrogen) atoms. The minimum absolute atomic E-state index is 0.0426. The van der Waals surface area contributed by atoms with Gasteiger partial charge in [-0.05, 0) is 37.6 Å². The topological polar surface area (TPSA) is 58.6 Å². The van der Waals surface area contributed by atoms with Gasteiger partial charge in [0.2, 0.25) is 0 Å². The maximum atomic E-state index is 10.9. The molecule has 0 heterocycles. The summed E-state index contributed by atoms with van der Waals surface area (Å²) >= 11 is 4.31. The van der Waals surface area contributed by atoms with Crippen LogP contribution in [-0.4, -0.2) is 28.0 Å². The van der Waals surface area contributed by atoms with Crippen LogP contribution in [0, 0.1) is 17.8 Å². The Labute approximate surface area is 128 Å². The molecule has 0 amide bonds.